The second-order valence-corrected chi connectivity index (χ2v) is 13.2. The van der Waals surface area contributed by atoms with Crippen molar-refractivity contribution in [2.45, 2.75) is 180 Å². The van der Waals surface area contributed by atoms with E-state index in [0.717, 1.165) is 44.9 Å². The highest BCUT2D eigenvalue weighted by Gasteiger charge is 2.16. The maximum atomic E-state index is 12.2. The smallest absolute Gasteiger partial charge is 0.306 e. The largest absolute Gasteiger partial charge is 0.462 e. The van der Waals surface area contributed by atoms with Crippen molar-refractivity contribution < 1.29 is 29.3 Å². The molecule has 6 heteroatoms. The lowest BCUT2D eigenvalue weighted by atomic mass is 10.0. The van der Waals surface area contributed by atoms with E-state index in [0.29, 0.717) is 19.3 Å². The monoisotopic (exact) mass is 699 g/mol. The van der Waals surface area contributed by atoms with Gasteiger partial charge in [0.25, 0.3) is 0 Å². The van der Waals surface area contributed by atoms with Crippen molar-refractivity contribution >= 4 is 11.9 Å². The van der Waals surface area contributed by atoms with Gasteiger partial charge in [0, 0.05) is 12.8 Å². The molecule has 0 spiro atoms. The molecule has 0 aliphatic heterocycles. The molecule has 286 valence electrons. The highest BCUT2D eigenvalue weighted by atomic mass is 16.6. The normalized spacial score (nSPS) is 13.6. The van der Waals surface area contributed by atoms with Gasteiger partial charge in [0.2, 0.25) is 0 Å². The Morgan fingerprint density at radius 3 is 1.64 bits per heavy atom. The first kappa shape index (κ1) is 47.3. The molecular weight excluding hydrogens is 624 g/mol. The number of carbonyl (C=O) groups is 2. The zero-order valence-corrected chi connectivity index (χ0v) is 32.0. The quantitative estimate of drug-likeness (QED) is 0.0296. The highest BCUT2D eigenvalue weighted by Crippen LogP contribution is 2.14. The SMILES string of the molecule is CC/C=C\C/C=C\C/C=C\C/C=C\C=C/C(O)C/C=C\CCC(=O)OC[C@H](CO)OC(=O)CCCCCCCCCCCCCCCCCC. The Kier molecular flexibility index (Phi) is 37.0. The van der Waals surface area contributed by atoms with Gasteiger partial charge in [-0.25, -0.2) is 0 Å². The van der Waals surface area contributed by atoms with Crippen LogP contribution in [0.1, 0.15) is 168 Å². The van der Waals surface area contributed by atoms with Gasteiger partial charge in [-0.2, -0.15) is 0 Å². The summed E-state index contributed by atoms with van der Waals surface area (Å²) in [5.74, 6) is -0.773. The fraction of sp³-hybridized carbons (Fsp3) is 0.682. The van der Waals surface area contributed by atoms with E-state index < -0.39 is 18.2 Å². The fourth-order valence-electron chi connectivity index (χ4n) is 5.31. The molecule has 0 radical (unpaired) electrons. The van der Waals surface area contributed by atoms with Crippen molar-refractivity contribution in [2.24, 2.45) is 0 Å². The van der Waals surface area contributed by atoms with Crippen molar-refractivity contribution in [1.29, 1.82) is 0 Å². The molecule has 0 aromatic rings. The number of ether oxygens (including phenoxy) is 2. The summed E-state index contributed by atoms with van der Waals surface area (Å²) >= 11 is 0. The average molecular weight is 699 g/mol. The molecular formula is C44H74O6. The molecule has 0 saturated carbocycles. The number of hydrogen-bond donors (Lipinski definition) is 2. The summed E-state index contributed by atoms with van der Waals surface area (Å²) in [7, 11) is 0. The highest BCUT2D eigenvalue weighted by molar-refractivity contribution is 5.70. The zero-order valence-electron chi connectivity index (χ0n) is 32.0. The molecule has 0 rings (SSSR count). The van der Waals surface area contributed by atoms with E-state index in [-0.39, 0.29) is 25.6 Å². The van der Waals surface area contributed by atoms with E-state index in [9.17, 15) is 19.8 Å². The van der Waals surface area contributed by atoms with Crippen molar-refractivity contribution in [2.75, 3.05) is 13.2 Å². The molecule has 2 atom stereocenters. The lowest BCUT2D eigenvalue weighted by Crippen LogP contribution is -2.28. The maximum absolute atomic E-state index is 12.2. The minimum Gasteiger partial charge on any atom is -0.462 e. The minimum atomic E-state index is -0.838. The van der Waals surface area contributed by atoms with Crippen LogP contribution in [0, 0.1) is 0 Å². The maximum Gasteiger partial charge on any atom is 0.306 e. The van der Waals surface area contributed by atoms with Crippen LogP contribution in [-0.4, -0.2) is 47.6 Å². The molecule has 50 heavy (non-hydrogen) atoms. The lowest BCUT2D eigenvalue weighted by molar-refractivity contribution is -0.161. The number of allylic oxidation sites excluding steroid dienone is 10. The van der Waals surface area contributed by atoms with Gasteiger partial charge in [-0.05, 0) is 44.9 Å². The van der Waals surface area contributed by atoms with Crippen LogP contribution in [0.25, 0.3) is 0 Å². The van der Waals surface area contributed by atoms with Crippen LogP contribution < -0.4 is 0 Å². The van der Waals surface area contributed by atoms with Crippen LogP contribution in [0.3, 0.4) is 0 Å². The Morgan fingerprint density at radius 2 is 1.10 bits per heavy atom. The Morgan fingerprint density at radius 1 is 0.580 bits per heavy atom. The first-order valence-corrected chi connectivity index (χ1v) is 20.1. The van der Waals surface area contributed by atoms with Crippen molar-refractivity contribution in [3.63, 3.8) is 0 Å². The Labute approximate surface area is 306 Å². The Hall–Kier alpha value is -2.70. The van der Waals surface area contributed by atoms with Crippen LogP contribution in [0.5, 0.6) is 0 Å². The summed E-state index contributed by atoms with van der Waals surface area (Å²) in [6.07, 6.45) is 48.5. The predicted molar refractivity (Wildman–Crippen MR) is 211 cm³/mol. The van der Waals surface area contributed by atoms with Crippen LogP contribution in [0.15, 0.2) is 72.9 Å². The van der Waals surface area contributed by atoms with Crippen molar-refractivity contribution in [3.05, 3.63) is 72.9 Å². The number of aliphatic hydroxyl groups is 2. The third-order valence-corrected chi connectivity index (χ3v) is 8.36. The average Bonchev–Trinajstić information content (AvgIpc) is 3.11. The zero-order chi connectivity index (χ0) is 36.6. The minimum absolute atomic E-state index is 0.148. The van der Waals surface area contributed by atoms with Crippen LogP contribution >= 0.6 is 0 Å². The van der Waals surface area contributed by atoms with E-state index in [2.05, 4.69) is 50.3 Å². The van der Waals surface area contributed by atoms with Crippen molar-refractivity contribution in [1.82, 2.24) is 0 Å². The Bertz CT molecular complexity index is 944. The number of carbonyl (C=O) groups excluding carboxylic acids is 2. The van der Waals surface area contributed by atoms with Gasteiger partial charge in [-0.15, -0.1) is 0 Å². The van der Waals surface area contributed by atoms with Crippen molar-refractivity contribution in [3.8, 4) is 0 Å². The number of unbranched alkanes of at least 4 members (excludes halogenated alkanes) is 15. The molecule has 0 saturated heterocycles. The molecule has 0 bridgehead atoms. The molecule has 6 nitrogen and oxygen atoms in total. The summed E-state index contributed by atoms with van der Waals surface area (Å²) in [5.41, 5.74) is 0. The van der Waals surface area contributed by atoms with E-state index >= 15 is 0 Å². The number of esters is 2. The summed E-state index contributed by atoms with van der Waals surface area (Å²) in [5, 5.41) is 19.6. The predicted octanol–water partition coefficient (Wildman–Crippen LogP) is 11.5. The summed E-state index contributed by atoms with van der Waals surface area (Å²) in [6, 6.07) is 0. The van der Waals surface area contributed by atoms with Gasteiger partial charge in [0.05, 0.1) is 12.7 Å². The van der Waals surface area contributed by atoms with E-state index in [1.165, 1.54) is 83.5 Å². The molecule has 0 aliphatic carbocycles. The number of rotatable bonds is 35. The van der Waals surface area contributed by atoms with Gasteiger partial charge in [-0.1, -0.05) is 183 Å². The standard InChI is InChI=1S/C44H74O6/c1-3-5-7-9-11-13-15-17-18-19-21-23-25-27-29-33-38-44(48)50-42(39-45)40-49-43(47)37-34-30-32-36-41(46)35-31-28-26-24-22-20-16-14-12-10-8-6-4-2/h6,8,12,14,20,22,26,28,30-32,35,41-42,45-46H,3-5,7,9-11,13,15-19,21,23-25,27,29,33-34,36-40H2,1-2H3/b8-6-,14-12-,22-20-,28-26-,32-30-,35-31-/t41?,42-/m0/s1. The van der Waals surface area contributed by atoms with Gasteiger partial charge in [0.1, 0.15) is 6.61 Å². The van der Waals surface area contributed by atoms with Gasteiger partial charge < -0.3 is 19.7 Å². The van der Waals surface area contributed by atoms with Crippen LogP contribution in [0.2, 0.25) is 0 Å². The molecule has 0 aromatic carbocycles. The topological polar surface area (TPSA) is 93.1 Å². The third kappa shape index (κ3) is 36.6. The fourth-order valence-corrected chi connectivity index (χ4v) is 5.31. The number of hydrogen-bond acceptors (Lipinski definition) is 6. The summed E-state index contributed by atoms with van der Waals surface area (Å²) in [6.45, 7) is 3.87. The first-order chi connectivity index (χ1) is 24.5. The third-order valence-electron chi connectivity index (χ3n) is 8.36. The second-order valence-electron chi connectivity index (χ2n) is 13.2. The van der Waals surface area contributed by atoms with Crippen LogP contribution in [0.4, 0.5) is 0 Å². The van der Waals surface area contributed by atoms with E-state index in [1.807, 2.05) is 30.4 Å². The lowest BCUT2D eigenvalue weighted by Gasteiger charge is -2.15. The van der Waals surface area contributed by atoms with E-state index in [4.69, 9.17) is 9.47 Å². The first-order valence-electron chi connectivity index (χ1n) is 20.1. The Balaban J connectivity index is 3.78. The van der Waals surface area contributed by atoms with Crippen LogP contribution in [-0.2, 0) is 19.1 Å². The van der Waals surface area contributed by atoms with Gasteiger partial charge in [0.15, 0.2) is 6.10 Å². The molecule has 0 aliphatic rings. The molecule has 2 N–H and O–H groups in total. The molecule has 0 amide bonds. The van der Waals surface area contributed by atoms with Gasteiger partial charge >= 0.3 is 11.9 Å². The van der Waals surface area contributed by atoms with Gasteiger partial charge in [-0.3, -0.25) is 9.59 Å². The molecule has 0 fully saturated rings. The second kappa shape index (κ2) is 39.1. The number of aliphatic hydroxyl groups excluding tert-OH is 2. The van der Waals surface area contributed by atoms with E-state index in [1.54, 1.807) is 6.08 Å². The summed E-state index contributed by atoms with van der Waals surface area (Å²) in [4.78, 5) is 24.3. The molecule has 1 unspecified atom stereocenters. The molecule has 0 aromatic heterocycles. The summed E-state index contributed by atoms with van der Waals surface area (Å²) < 4.78 is 10.5. The molecule has 0 heterocycles.